The smallest absolute Gasteiger partial charge is 0.0675 e. The maximum atomic E-state index is 11.3. The molecule has 8 fully saturated rings. The molecule has 0 bridgehead atoms. The monoisotopic (exact) mass is 633 g/mol. The lowest BCUT2D eigenvalue weighted by Gasteiger charge is -2.62. The van der Waals surface area contributed by atoms with E-state index < -0.39 is 11.2 Å². The average Bonchev–Trinajstić information content (AvgIpc) is 3.38. The molecule has 0 saturated heterocycles. The Kier molecular flexibility index (Phi) is 7.34. The number of hydrogen-bond donors (Lipinski definition) is 2. The molecule has 8 rings (SSSR count). The zero-order valence-electron chi connectivity index (χ0n) is 30.9. The normalized spacial score (nSPS) is 61.3. The summed E-state index contributed by atoms with van der Waals surface area (Å²) in [6.45, 7) is 19.4. The molecule has 16 unspecified atom stereocenters. The molecule has 8 aliphatic rings. The van der Waals surface area contributed by atoms with Crippen molar-refractivity contribution in [1.29, 1.82) is 0 Å². The molecule has 46 heavy (non-hydrogen) atoms. The second kappa shape index (κ2) is 10.4. The summed E-state index contributed by atoms with van der Waals surface area (Å²) in [5.74, 6) is 7.15. The zero-order valence-corrected chi connectivity index (χ0v) is 30.9. The molecule has 8 saturated carbocycles. The van der Waals surface area contributed by atoms with Gasteiger partial charge in [0, 0.05) is 11.4 Å². The van der Waals surface area contributed by atoms with Crippen LogP contribution in [0, 0.1) is 80.8 Å². The Morgan fingerprint density at radius 3 is 1.26 bits per heavy atom. The molecule has 4 nitrogen and oxygen atoms in total. The minimum atomic E-state index is -0.484. The first-order valence-corrected chi connectivity index (χ1v) is 20.1. The van der Waals surface area contributed by atoms with Gasteiger partial charge in [0.1, 0.15) is 0 Å². The van der Waals surface area contributed by atoms with Crippen LogP contribution < -0.4 is 0 Å². The molecule has 16 atom stereocenters. The van der Waals surface area contributed by atoms with Gasteiger partial charge in [0.25, 0.3) is 0 Å². The number of aliphatic hydroxyl groups is 2. The first kappa shape index (κ1) is 32.5. The van der Waals surface area contributed by atoms with Crippen molar-refractivity contribution < 1.29 is 10.2 Å². The highest BCUT2D eigenvalue weighted by molar-refractivity contribution is 5.91. The van der Waals surface area contributed by atoms with E-state index >= 15 is 0 Å². The minimum Gasteiger partial charge on any atom is -0.390 e. The van der Waals surface area contributed by atoms with Crippen molar-refractivity contribution in [2.75, 3.05) is 0 Å². The SMILES string of the molecule is CC1CC2(C)C(CCC3C2CCC2(C)C3CCC2(C)O)C/C1=N\N=C1/CC2CCC3C(CCC4(C)C3CCC4(C)O)C2(C)CC1C. The summed E-state index contributed by atoms with van der Waals surface area (Å²) in [5, 5.41) is 33.1. The van der Waals surface area contributed by atoms with Crippen molar-refractivity contribution in [3.05, 3.63) is 0 Å². The summed E-state index contributed by atoms with van der Waals surface area (Å²) in [6, 6.07) is 0. The van der Waals surface area contributed by atoms with Gasteiger partial charge in [-0.25, -0.2) is 0 Å². The summed E-state index contributed by atoms with van der Waals surface area (Å²) in [5.41, 5.74) is 2.86. The molecular formula is C42H68N2O2. The fraction of sp³-hybridized carbons (Fsp3) is 0.952. The molecule has 0 aliphatic heterocycles. The highest BCUT2D eigenvalue weighted by Gasteiger charge is 2.65. The Balaban J connectivity index is 0.969. The van der Waals surface area contributed by atoms with Crippen LogP contribution in [0.5, 0.6) is 0 Å². The third-order valence-electron chi connectivity index (χ3n) is 19.1. The number of nitrogens with zero attached hydrogens (tertiary/aromatic N) is 2. The lowest BCUT2D eigenvalue weighted by Crippen LogP contribution is -2.57. The molecule has 8 aliphatic carbocycles. The van der Waals surface area contributed by atoms with Crippen molar-refractivity contribution in [3.8, 4) is 0 Å². The quantitative estimate of drug-likeness (QED) is 0.283. The lowest BCUT2D eigenvalue weighted by atomic mass is 9.43. The largest absolute Gasteiger partial charge is 0.390 e. The summed E-state index contributed by atoms with van der Waals surface area (Å²) in [4.78, 5) is 0. The molecule has 2 N–H and O–H groups in total. The second-order valence-electron chi connectivity index (χ2n) is 20.7. The van der Waals surface area contributed by atoms with Crippen LogP contribution >= 0.6 is 0 Å². The first-order chi connectivity index (χ1) is 21.5. The van der Waals surface area contributed by atoms with Gasteiger partial charge in [-0.1, -0.05) is 41.5 Å². The van der Waals surface area contributed by atoms with Crippen LogP contribution in [0.15, 0.2) is 10.2 Å². The van der Waals surface area contributed by atoms with Gasteiger partial charge in [-0.3, -0.25) is 0 Å². The Labute approximate surface area is 281 Å². The van der Waals surface area contributed by atoms with Gasteiger partial charge >= 0.3 is 0 Å². The van der Waals surface area contributed by atoms with E-state index in [2.05, 4.69) is 55.4 Å². The van der Waals surface area contributed by atoms with Crippen molar-refractivity contribution in [2.24, 2.45) is 91.0 Å². The highest BCUT2D eigenvalue weighted by Crippen LogP contribution is 2.70. The van der Waals surface area contributed by atoms with Crippen LogP contribution in [0.3, 0.4) is 0 Å². The van der Waals surface area contributed by atoms with Gasteiger partial charge in [0.2, 0.25) is 0 Å². The standard InChI is InChI=1S/C42H68N2O2/c1-25-23-37(3)27(9-11-29-31(37)13-17-39(5)33(29)15-19-41(39,7)45)21-35(25)43-44-36-22-28-10-12-30-32(38(28,4)24-26(36)2)14-18-40(6)34(30)16-20-42(40,8)46/h25-34,45-46H,9-24H2,1-8H3/b43-35+,44-36+. The molecular weight excluding hydrogens is 564 g/mol. The van der Waals surface area contributed by atoms with E-state index in [9.17, 15) is 10.2 Å². The summed E-state index contributed by atoms with van der Waals surface area (Å²) in [6.07, 6.45) is 19.7. The van der Waals surface area contributed by atoms with Crippen molar-refractivity contribution in [1.82, 2.24) is 0 Å². The van der Waals surface area contributed by atoms with Gasteiger partial charge in [-0.05, 0) is 197 Å². The first-order valence-electron chi connectivity index (χ1n) is 20.1. The lowest BCUT2D eigenvalue weighted by molar-refractivity contribution is -0.142. The fourth-order valence-electron chi connectivity index (χ4n) is 15.7. The maximum Gasteiger partial charge on any atom is 0.0675 e. The van der Waals surface area contributed by atoms with E-state index in [4.69, 9.17) is 10.2 Å². The van der Waals surface area contributed by atoms with Gasteiger partial charge in [0.15, 0.2) is 0 Å². The molecule has 258 valence electrons. The van der Waals surface area contributed by atoms with Crippen LogP contribution in [0.4, 0.5) is 0 Å². The number of fused-ring (bicyclic) bond motifs is 10. The van der Waals surface area contributed by atoms with Crippen LogP contribution in [0.2, 0.25) is 0 Å². The van der Waals surface area contributed by atoms with E-state index in [1.165, 1.54) is 88.5 Å². The molecule has 4 heteroatoms. The molecule has 0 aromatic heterocycles. The predicted octanol–water partition coefficient (Wildman–Crippen LogP) is 9.86. The number of hydrogen-bond acceptors (Lipinski definition) is 4. The molecule has 0 radical (unpaired) electrons. The van der Waals surface area contributed by atoms with Crippen molar-refractivity contribution in [3.63, 3.8) is 0 Å². The summed E-state index contributed by atoms with van der Waals surface area (Å²) in [7, 11) is 0. The molecule has 0 heterocycles. The molecule has 0 aromatic rings. The average molecular weight is 633 g/mol. The second-order valence-corrected chi connectivity index (χ2v) is 20.7. The highest BCUT2D eigenvalue weighted by atomic mass is 16.3. The van der Waals surface area contributed by atoms with E-state index in [-0.39, 0.29) is 10.8 Å². The topological polar surface area (TPSA) is 65.2 Å². The van der Waals surface area contributed by atoms with Crippen molar-refractivity contribution in [2.45, 2.75) is 169 Å². The summed E-state index contributed by atoms with van der Waals surface area (Å²) < 4.78 is 0. The van der Waals surface area contributed by atoms with Crippen molar-refractivity contribution >= 4 is 11.4 Å². The molecule has 0 aromatic carbocycles. The van der Waals surface area contributed by atoms with Gasteiger partial charge < -0.3 is 10.2 Å². The third-order valence-corrected chi connectivity index (χ3v) is 19.1. The molecule has 0 amide bonds. The van der Waals surface area contributed by atoms with E-state index in [1.807, 2.05) is 0 Å². The Morgan fingerprint density at radius 2 is 0.870 bits per heavy atom. The van der Waals surface area contributed by atoms with Crippen LogP contribution in [0.1, 0.15) is 158 Å². The van der Waals surface area contributed by atoms with E-state index in [1.54, 1.807) is 0 Å². The van der Waals surface area contributed by atoms with E-state index in [0.29, 0.717) is 34.5 Å². The fourth-order valence-corrected chi connectivity index (χ4v) is 15.7. The minimum absolute atomic E-state index is 0.112. The zero-order chi connectivity index (χ0) is 32.7. The maximum absolute atomic E-state index is 11.3. The predicted molar refractivity (Wildman–Crippen MR) is 189 cm³/mol. The molecule has 0 spiro atoms. The Hall–Kier alpha value is -0.740. The third kappa shape index (κ3) is 4.29. The van der Waals surface area contributed by atoms with E-state index in [0.717, 1.165) is 61.2 Å². The van der Waals surface area contributed by atoms with Crippen LogP contribution in [-0.2, 0) is 0 Å². The Morgan fingerprint density at radius 1 is 0.500 bits per heavy atom. The van der Waals surface area contributed by atoms with Gasteiger partial charge in [0.05, 0.1) is 11.2 Å². The van der Waals surface area contributed by atoms with Crippen LogP contribution in [-0.4, -0.2) is 32.8 Å². The van der Waals surface area contributed by atoms with Gasteiger partial charge in [-0.15, -0.1) is 0 Å². The Bertz CT molecular complexity index is 1200. The van der Waals surface area contributed by atoms with Crippen LogP contribution in [0.25, 0.3) is 0 Å². The summed E-state index contributed by atoms with van der Waals surface area (Å²) >= 11 is 0. The number of rotatable bonds is 1. The van der Waals surface area contributed by atoms with Gasteiger partial charge in [-0.2, -0.15) is 10.2 Å².